The third-order valence-electron chi connectivity index (χ3n) is 4.06. The first kappa shape index (κ1) is 22.5. The van der Waals surface area contributed by atoms with Gasteiger partial charge >= 0.3 is 31.2 Å². The number of fused-ring (bicyclic) bond motifs is 2. The molecule has 2 aromatic rings. The average Bonchev–Trinajstić information content (AvgIpc) is 2.53. The Morgan fingerprint density at radius 2 is 1.89 bits per heavy atom. The van der Waals surface area contributed by atoms with E-state index < -0.39 is 41.4 Å². The first-order valence-corrected chi connectivity index (χ1v) is 7.68. The van der Waals surface area contributed by atoms with Crippen LogP contribution in [0.1, 0.15) is 5.56 Å². The summed E-state index contributed by atoms with van der Waals surface area (Å²) in [7, 11) is 1.29. The molecular weight excluding hydrogens is 389 g/mol. The van der Waals surface area contributed by atoms with E-state index in [1.807, 2.05) is 0 Å². The fourth-order valence-corrected chi connectivity index (χ4v) is 3.00. The van der Waals surface area contributed by atoms with E-state index in [2.05, 4.69) is 4.98 Å². The van der Waals surface area contributed by atoms with Crippen molar-refractivity contribution < 1.29 is 54.7 Å². The summed E-state index contributed by atoms with van der Waals surface area (Å²) in [6.07, 6.45) is -9.47. The van der Waals surface area contributed by atoms with Crippen LogP contribution in [-0.2, 0) is 10.9 Å². The molecule has 3 rings (SSSR count). The Kier molecular flexibility index (Phi) is 6.33. The average molecular weight is 402 g/mol. The molecule has 12 heteroatoms. The van der Waals surface area contributed by atoms with Crippen molar-refractivity contribution in [2.75, 3.05) is 31.8 Å². The van der Waals surface area contributed by atoms with Crippen LogP contribution in [0.25, 0.3) is 10.9 Å². The molecule has 0 bridgehead atoms. The maximum Gasteiger partial charge on any atom is 1.00 e. The van der Waals surface area contributed by atoms with Crippen LogP contribution in [0.3, 0.4) is 0 Å². The van der Waals surface area contributed by atoms with E-state index in [4.69, 9.17) is 9.47 Å². The summed E-state index contributed by atoms with van der Waals surface area (Å²) in [5.74, 6) is -0.0784. The zero-order valence-electron chi connectivity index (χ0n) is 14.8. The summed E-state index contributed by atoms with van der Waals surface area (Å²) in [6, 6.07) is 1.45. The Morgan fingerprint density at radius 3 is 2.46 bits per heavy atom. The number of alkyl halides is 6. The van der Waals surface area contributed by atoms with Gasteiger partial charge in [-0.2, -0.15) is 26.3 Å². The smallest absolute Gasteiger partial charge is 0.623 e. The number of rotatable bonds is 3. The van der Waals surface area contributed by atoms with Gasteiger partial charge in [-0.1, -0.05) is 0 Å². The number of pyridine rings is 1. The number of benzene rings is 1. The first-order valence-electron chi connectivity index (χ1n) is 7.68. The molecule has 0 spiro atoms. The van der Waals surface area contributed by atoms with Gasteiger partial charge < -0.3 is 24.2 Å². The van der Waals surface area contributed by atoms with Crippen molar-refractivity contribution in [3.63, 3.8) is 0 Å². The molecule has 1 atom stereocenters. The molecule has 0 fully saturated rings. The quantitative estimate of drug-likeness (QED) is 0.533. The number of hydrogen-bond acceptors (Lipinski definition) is 4. The Bertz CT molecular complexity index is 912. The molecule has 0 amide bonds. The number of halogens is 6. The number of ether oxygens (including phenoxy) is 2. The topological polar surface area (TPSA) is 52.9 Å². The Balaban J connectivity index is 0.00000280. The first-order chi connectivity index (χ1) is 12.5. The molecule has 0 radical (unpaired) electrons. The molecule has 1 aliphatic rings. The number of hydrogen-bond donors (Lipinski definition) is 0. The van der Waals surface area contributed by atoms with Crippen molar-refractivity contribution >= 4 is 16.6 Å². The van der Waals surface area contributed by atoms with Gasteiger partial charge in [0, 0.05) is 7.11 Å². The van der Waals surface area contributed by atoms with Crippen LogP contribution >= 0.6 is 0 Å². The summed E-state index contributed by atoms with van der Waals surface area (Å²) >= 11 is 0. The summed E-state index contributed by atoms with van der Waals surface area (Å²) in [5.41, 5.74) is -2.83. The van der Waals surface area contributed by atoms with Crippen molar-refractivity contribution in [3.8, 4) is 5.75 Å². The molecule has 1 aromatic carbocycles. The van der Waals surface area contributed by atoms with Crippen LogP contribution < -0.4 is 39.0 Å². The van der Waals surface area contributed by atoms with Gasteiger partial charge in [-0.3, -0.25) is 0 Å². The molecule has 1 unspecified atom stereocenters. The second-order valence-electron chi connectivity index (χ2n) is 6.01. The fourth-order valence-electron chi connectivity index (χ4n) is 3.00. The maximum absolute atomic E-state index is 13.3. The van der Waals surface area contributed by atoms with E-state index in [0.717, 1.165) is 17.0 Å². The number of methoxy groups -OCH3 is 1. The van der Waals surface area contributed by atoms with Gasteiger partial charge in [0.25, 0.3) is 0 Å². The molecular formula is C16H13F6LiN2O3. The minimum atomic E-state index is -4.87. The second-order valence-corrected chi connectivity index (χ2v) is 6.01. The molecule has 0 saturated heterocycles. The standard InChI is InChI=1S/C16H14F6N2O3.Li/c1-26-5-8-6-27-13-4-11-9(2-12(13)24(8)7-15(17,18)19)10(16(20,21)22)3-14(25)23-11;/h2-4,8H,5-7H2,1H3,(H,23,25);/q;+1/p-1. The van der Waals surface area contributed by atoms with Crippen LogP contribution in [-0.4, -0.2) is 39.1 Å². The van der Waals surface area contributed by atoms with Crippen LogP contribution in [0, 0.1) is 0 Å². The molecule has 1 aliphatic heterocycles. The minimum absolute atomic E-state index is 0. The predicted molar refractivity (Wildman–Crippen MR) is 83.1 cm³/mol. The Hall–Kier alpha value is -1.83. The molecule has 28 heavy (non-hydrogen) atoms. The van der Waals surface area contributed by atoms with E-state index in [0.29, 0.717) is 6.07 Å². The molecule has 0 saturated carbocycles. The van der Waals surface area contributed by atoms with Crippen molar-refractivity contribution in [2.24, 2.45) is 0 Å². The van der Waals surface area contributed by atoms with Crippen molar-refractivity contribution in [3.05, 3.63) is 34.1 Å². The molecule has 1 aromatic heterocycles. The van der Waals surface area contributed by atoms with Gasteiger partial charge in [-0.15, -0.1) is 5.52 Å². The zero-order valence-corrected chi connectivity index (χ0v) is 14.8. The SMILES string of the molecule is COCC1COc2cc3[n-]c(=O)cc(C(F)(F)F)c3cc2N1CC(F)(F)F.[Li+]. The summed E-state index contributed by atoms with van der Waals surface area (Å²) in [4.78, 5) is 15.9. The number of anilines is 1. The van der Waals surface area contributed by atoms with Gasteiger partial charge in [0.15, 0.2) is 0 Å². The molecule has 0 aliphatic carbocycles. The van der Waals surface area contributed by atoms with Crippen LogP contribution in [0.15, 0.2) is 23.0 Å². The van der Waals surface area contributed by atoms with Gasteiger partial charge in [0.05, 0.1) is 29.5 Å². The van der Waals surface area contributed by atoms with Crippen LogP contribution in [0.4, 0.5) is 32.0 Å². The molecule has 148 valence electrons. The van der Waals surface area contributed by atoms with E-state index in [-0.39, 0.29) is 49.0 Å². The molecule has 0 N–H and O–H groups in total. The molecule has 2 heterocycles. The normalized spacial score (nSPS) is 17.1. The van der Waals surface area contributed by atoms with E-state index in [9.17, 15) is 31.1 Å². The zero-order chi connectivity index (χ0) is 20.0. The fraction of sp³-hybridized carbons (Fsp3) is 0.438. The van der Waals surface area contributed by atoms with E-state index >= 15 is 0 Å². The van der Waals surface area contributed by atoms with Gasteiger partial charge in [0.1, 0.15) is 18.9 Å². The van der Waals surface area contributed by atoms with Crippen LogP contribution in [0.2, 0.25) is 0 Å². The third kappa shape index (κ3) is 4.59. The predicted octanol–water partition coefficient (Wildman–Crippen LogP) is -0.0439. The largest absolute Gasteiger partial charge is 1.00 e. The van der Waals surface area contributed by atoms with Gasteiger partial charge in [-0.25, -0.2) is 0 Å². The van der Waals surface area contributed by atoms with Crippen LogP contribution in [0.5, 0.6) is 5.75 Å². The van der Waals surface area contributed by atoms with Gasteiger partial charge in [-0.05, 0) is 23.6 Å². The van der Waals surface area contributed by atoms with Crippen molar-refractivity contribution in [1.82, 2.24) is 4.98 Å². The summed E-state index contributed by atoms with van der Waals surface area (Å²) in [6.45, 7) is -1.67. The van der Waals surface area contributed by atoms with E-state index in [1.54, 1.807) is 0 Å². The number of aromatic nitrogens is 1. The third-order valence-corrected chi connectivity index (χ3v) is 4.06. The minimum Gasteiger partial charge on any atom is -0.623 e. The number of nitrogens with zero attached hydrogens (tertiary/aromatic N) is 2. The Morgan fingerprint density at radius 1 is 1.21 bits per heavy atom. The van der Waals surface area contributed by atoms with E-state index in [1.165, 1.54) is 7.11 Å². The summed E-state index contributed by atoms with van der Waals surface area (Å²) in [5, 5.41) is -0.477. The van der Waals surface area contributed by atoms with Crippen molar-refractivity contribution in [1.29, 1.82) is 0 Å². The second kappa shape index (κ2) is 7.89. The van der Waals surface area contributed by atoms with Gasteiger partial charge in [0.2, 0.25) is 0 Å². The Labute approximate surface area is 166 Å². The molecule has 5 nitrogen and oxygen atoms in total. The summed E-state index contributed by atoms with van der Waals surface area (Å²) < 4.78 is 89.2. The maximum atomic E-state index is 13.3. The monoisotopic (exact) mass is 402 g/mol. The van der Waals surface area contributed by atoms with Crippen molar-refractivity contribution in [2.45, 2.75) is 18.4 Å².